The van der Waals surface area contributed by atoms with Gasteiger partial charge in [0.25, 0.3) is 0 Å². The first-order chi connectivity index (χ1) is 12.8. The zero-order valence-corrected chi connectivity index (χ0v) is 16.5. The molecule has 0 spiro atoms. The number of aryl methyl sites for hydroxylation is 1. The highest BCUT2D eigenvalue weighted by Gasteiger charge is 2.35. The van der Waals surface area contributed by atoms with Gasteiger partial charge in [-0.25, -0.2) is 8.42 Å². The molecule has 1 aromatic rings. The van der Waals surface area contributed by atoms with Crippen LogP contribution in [0.2, 0.25) is 0 Å². The number of nitrogens with one attached hydrogen (secondary N) is 2. The van der Waals surface area contributed by atoms with Crippen LogP contribution in [-0.4, -0.2) is 64.1 Å². The minimum Gasteiger partial charge on any atom is -0.496 e. The largest absolute Gasteiger partial charge is 0.496 e. The summed E-state index contributed by atoms with van der Waals surface area (Å²) in [6.45, 7) is 4.29. The van der Waals surface area contributed by atoms with Crippen LogP contribution in [0.4, 0.5) is 0 Å². The summed E-state index contributed by atoms with van der Waals surface area (Å²) >= 11 is 0. The van der Waals surface area contributed by atoms with E-state index in [0.29, 0.717) is 30.9 Å². The van der Waals surface area contributed by atoms with Gasteiger partial charge in [0.2, 0.25) is 10.0 Å². The summed E-state index contributed by atoms with van der Waals surface area (Å²) < 4.78 is 38.0. The van der Waals surface area contributed by atoms with E-state index in [2.05, 4.69) is 10.6 Å². The number of nitrogens with zero attached hydrogens (tertiary/aromatic N) is 1. The molecule has 0 aromatic heterocycles. The molecule has 150 valence electrons. The van der Waals surface area contributed by atoms with E-state index in [4.69, 9.17) is 9.47 Å². The Morgan fingerprint density at radius 2 is 2.00 bits per heavy atom. The van der Waals surface area contributed by atoms with Gasteiger partial charge in [0.15, 0.2) is 0 Å². The van der Waals surface area contributed by atoms with Crippen molar-refractivity contribution in [2.45, 2.75) is 31.4 Å². The first-order valence-electron chi connectivity index (χ1n) is 8.65. The number of amides is 2. The highest BCUT2D eigenvalue weighted by atomic mass is 32.2. The van der Waals surface area contributed by atoms with E-state index in [1.165, 1.54) is 23.5 Å². The summed E-state index contributed by atoms with van der Waals surface area (Å²) in [4.78, 5) is 23.4. The molecule has 0 radical (unpaired) electrons. The van der Waals surface area contributed by atoms with Gasteiger partial charge in [0, 0.05) is 13.1 Å². The fourth-order valence-corrected chi connectivity index (χ4v) is 4.40. The van der Waals surface area contributed by atoms with Gasteiger partial charge in [-0.05, 0) is 44.0 Å². The predicted octanol–water partition coefficient (Wildman–Crippen LogP) is -0.00698. The van der Waals surface area contributed by atoms with Crippen LogP contribution in [0.15, 0.2) is 23.1 Å². The maximum absolute atomic E-state index is 13.0. The first kappa shape index (κ1) is 21.1. The Kier molecular flexibility index (Phi) is 7.17. The fourth-order valence-electron chi connectivity index (χ4n) is 2.75. The molecule has 2 rings (SSSR count). The number of benzene rings is 1. The van der Waals surface area contributed by atoms with E-state index >= 15 is 0 Å². The van der Waals surface area contributed by atoms with Crippen molar-refractivity contribution in [3.63, 3.8) is 0 Å². The third kappa shape index (κ3) is 4.96. The third-order valence-corrected chi connectivity index (χ3v) is 5.99. The normalized spacial score (nSPS) is 18.0. The first-order valence-corrected chi connectivity index (χ1v) is 10.1. The Morgan fingerprint density at radius 3 is 2.63 bits per heavy atom. The number of likely N-dealkylation sites (N-methyl/N-ethyl adjacent to an activating group) is 1. The number of methoxy groups -OCH3 is 1. The summed E-state index contributed by atoms with van der Waals surface area (Å²) in [7, 11) is -2.32. The van der Waals surface area contributed by atoms with Gasteiger partial charge >= 0.3 is 11.8 Å². The monoisotopic (exact) mass is 399 g/mol. The van der Waals surface area contributed by atoms with Crippen molar-refractivity contribution in [2.24, 2.45) is 0 Å². The number of carbonyl (C=O) groups is 2. The van der Waals surface area contributed by atoms with E-state index in [1.54, 1.807) is 19.9 Å². The predicted molar refractivity (Wildman–Crippen MR) is 97.7 cm³/mol. The molecule has 1 aliphatic heterocycles. The third-order valence-electron chi connectivity index (χ3n) is 4.11. The van der Waals surface area contributed by atoms with Crippen molar-refractivity contribution in [1.82, 2.24) is 14.9 Å². The molecule has 27 heavy (non-hydrogen) atoms. The molecule has 0 saturated carbocycles. The average molecular weight is 399 g/mol. The van der Waals surface area contributed by atoms with Gasteiger partial charge in [-0.1, -0.05) is 0 Å². The molecular weight excluding hydrogens is 374 g/mol. The number of ether oxygens (including phenoxy) is 2. The minimum absolute atomic E-state index is 0.117. The number of hydrogen-bond donors (Lipinski definition) is 2. The van der Waals surface area contributed by atoms with Crippen LogP contribution < -0.4 is 15.4 Å². The van der Waals surface area contributed by atoms with E-state index in [0.717, 1.165) is 0 Å². The molecule has 0 aliphatic carbocycles. The Bertz CT molecular complexity index is 796. The second-order valence-corrected chi connectivity index (χ2v) is 7.89. The molecule has 1 unspecified atom stereocenters. The van der Waals surface area contributed by atoms with Crippen molar-refractivity contribution < 1.29 is 27.5 Å². The van der Waals surface area contributed by atoms with Crippen LogP contribution in [0.5, 0.6) is 5.75 Å². The molecule has 10 heteroatoms. The molecular formula is C17H25N3O6S. The van der Waals surface area contributed by atoms with Gasteiger partial charge < -0.3 is 20.1 Å². The molecule has 1 aliphatic rings. The Hall–Kier alpha value is -2.17. The molecule has 1 heterocycles. The van der Waals surface area contributed by atoms with Gasteiger partial charge in [0.05, 0.1) is 25.2 Å². The lowest BCUT2D eigenvalue weighted by Crippen LogP contribution is -2.53. The van der Waals surface area contributed by atoms with E-state index in [-0.39, 0.29) is 18.0 Å². The van der Waals surface area contributed by atoms with Crippen LogP contribution in [0.3, 0.4) is 0 Å². The summed E-state index contributed by atoms with van der Waals surface area (Å²) in [5.41, 5.74) is 0.692. The van der Waals surface area contributed by atoms with Gasteiger partial charge in [-0.3, -0.25) is 9.59 Å². The zero-order valence-electron chi connectivity index (χ0n) is 15.6. The van der Waals surface area contributed by atoms with Crippen molar-refractivity contribution in [3.05, 3.63) is 23.8 Å². The van der Waals surface area contributed by atoms with Gasteiger partial charge in [-0.15, -0.1) is 0 Å². The average Bonchev–Trinajstić information content (AvgIpc) is 2.66. The van der Waals surface area contributed by atoms with Gasteiger partial charge in [0.1, 0.15) is 12.0 Å². The Balaban J connectivity index is 2.16. The van der Waals surface area contributed by atoms with Crippen molar-refractivity contribution in [2.75, 3.05) is 33.4 Å². The van der Waals surface area contributed by atoms with Crippen LogP contribution >= 0.6 is 0 Å². The lowest BCUT2D eigenvalue weighted by molar-refractivity contribution is -0.140. The number of hydrogen-bond acceptors (Lipinski definition) is 6. The molecule has 1 saturated heterocycles. The molecule has 2 amide bonds. The maximum atomic E-state index is 13.0. The van der Waals surface area contributed by atoms with Gasteiger partial charge in [-0.2, -0.15) is 4.31 Å². The summed E-state index contributed by atoms with van der Waals surface area (Å²) in [6.07, 6.45) is -0.348. The van der Waals surface area contributed by atoms with E-state index < -0.39 is 28.1 Å². The number of rotatable bonds is 6. The van der Waals surface area contributed by atoms with Crippen LogP contribution in [-0.2, 0) is 24.3 Å². The van der Waals surface area contributed by atoms with Crippen LogP contribution in [0.25, 0.3) is 0 Å². The second kappa shape index (κ2) is 9.16. The van der Waals surface area contributed by atoms with Crippen LogP contribution in [0.1, 0.15) is 18.9 Å². The zero-order chi connectivity index (χ0) is 20.0. The second-order valence-electron chi connectivity index (χ2n) is 6.00. The summed E-state index contributed by atoms with van der Waals surface area (Å²) in [5, 5.41) is 4.80. The van der Waals surface area contributed by atoms with Crippen molar-refractivity contribution in [3.8, 4) is 5.75 Å². The highest BCUT2D eigenvalue weighted by molar-refractivity contribution is 7.89. The minimum atomic E-state index is -3.84. The summed E-state index contributed by atoms with van der Waals surface area (Å²) in [6, 6.07) is 4.60. The lowest BCUT2D eigenvalue weighted by atomic mass is 10.2. The van der Waals surface area contributed by atoms with E-state index in [9.17, 15) is 18.0 Å². The Labute approximate surface area is 159 Å². The standard InChI is InChI=1S/C17H25N3O6S/c1-4-18-16(21)17(22)19-11-15-20(8-5-9-26-15)27(23,24)13-6-7-14(25-3)12(2)10-13/h6-7,10,15H,4-5,8-9,11H2,1-3H3,(H,18,21)(H,19,22). The van der Waals surface area contributed by atoms with Crippen LogP contribution in [0, 0.1) is 6.92 Å². The lowest BCUT2D eigenvalue weighted by Gasteiger charge is -2.34. The topological polar surface area (TPSA) is 114 Å². The number of carbonyl (C=O) groups excluding carboxylic acids is 2. The highest BCUT2D eigenvalue weighted by Crippen LogP contribution is 2.26. The molecule has 1 fully saturated rings. The SMILES string of the molecule is CCNC(=O)C(=O)NCC1OCCCN1S(=O)(=O)c1ccc(OC)c(C)c1. The fraction of sp³-hybridized carbons (Fsp3) is 0.529. The Morgan fingerprint density at radius 1 is 1.30 bits per heavy atom. The summed E-state index contributed by atoms with van der Waals surface area (Å²) in [5.74, 6) is -1.01. The quantitative estimate of drug-likeness (QED) is 0.651. The maximum Gasteiger partial charge on any atom is 0.309 e. The van der Waals surface area contributed by atoms with Crippen molar-refractivity contribution in [1.29, 1.82) is 0 Å². The van der Waals surface area contributed by atoms with E-state index in [1.807, 2.05) is 0 Å². The molecule has 0 bridgehead atoms. The molecule has 1 atom stereocenters. The number of sulfonamides is 1. The smallest absolute Gasteiger partial charge is 0.309 e. The molecule has 1 aromatic carbocycles. The molecule has 2 N–H and O–H groups in total. The molecule has 9 nitrogen and oxygen atoms in total. The van der Waals surface area contributed by atoms with Crippen molar-refractivity contribution >= 4 is 21.8 Å².